The zero-order valence-electron chi connectivity index (χ0n) is 13.9. The van der Waals surface area contributed by atoms with Crippen LogP contribution in [0, 0.1) is 18.7 Å². The Bertz CT molecular complexity index is 506. The molecule has 1 saturated carbocycles. The molecular weight excluding hydrogens is 279 g/mol. The lowest BCUT2D eigenvalue weighted by molar-refractivity contribution is -0.149. The zero-order valence-corrected chi connectivity index (χ0v) is 13.9. The van der Waals surface area contributed by atoms with Gasteiger partial charge in [-0.3, -0.25) is 4.79 Å². The zero-order chi connectivity index (χ0) is 16.1. The third-order valence-corrected chi connectivity index (χ3v) is 4.86. The van der Waals surface area contributed by atoms with E-state index in [4.69, 9.17) is 4.74 Å². The van der Waals surface area contributed by atoms with E-state index in [1.807, 2.05) is 26.8 Å². The van der Waals surface area contributed by atoms with Gasteiger partial charge in [-0.15, -0.1) is 0 Å². The van der Waals surface area contributed by atoms with E-state index in [1.165, 1.54) is 25.3 Å². The van der Waals surface area contributed by atoms with Crippen LogP contribution < -0.4 is 0 Å². The van der Waals surface area contributed by atoms with Crippen LogP contribution in [0.3, 0.4) is 0 Å². The Kier molecular flexibility index (Phi) is 5.98. The van der Waals surface area contributed by atoms with Crippen LogP contribution in [-0.4, -0.2) is 12.1 Å². The maximum absolute atomic E-state index is 13.4. The SMILES string of the molecule is CCC(=O)OC(C)C(c1ccc(F)cc1C)C1CCCCC1. The van der Waals surface area contributed by atoms with E-state index in [9.17, 15) is 9.18 Å². The minimum absolute atomic E-state index is 0.159. The predicted molar refractivity (Wildman–Crippen MR) is 86.3 cm³/mol. The highest BCUT2D eigenvalue weighted by molar-refractivity contribution is 5.69. The summed E-state index contributed by atoms with van der Waals surface area (Å²) in [6, 6.07) is 4.98. The summed E-state index contributed by atoms with van der Waals surface area (Å²) < 4.78 is 19.1. The molecule has 0 N–H and O–H groups in total. The second-order valence-corrected chi connectivity index (χ2v) is 6.47. The summed E-state index contributed by atoms with van der Waals surface area (Å²) in [7, 11) is 0. The van der Waals surface area contributed by atoms with Gasteiger partial charge in [0.1, 0.15) is 11.9 Å². The number of halogens is 1. The Morgan fingerprint density at radius 2 is 2.00 bits per heavy atom. The second-order valence-electron chi connectivity index (χ2n) is 6.47. The van der Waals surface area contributed by atoms with E-state index in [0.29, 0.717) is 12.3 Å². The minimum Gasteiger partial charge on any atom is -0.462 e. The molecule has 1 aliphatic carbocycles. The summed E-state index contributed by atoms with van der Waals surface area (Å²) in [5.41, 5.74) is 2.08. The van der Waals surface area contributed by atoms with Gasteiger partial charge in [-0.05, 0) is 55.9 Å². The molecule has 2 atom stereocenters. The van der Waals surface area contributed by atoms with Gasteiger partial charge in [-0.25, -0.2) is 4.39 Å². The van der Waals surface area contributed by atoms with Crippen LogP contribution in [0.2, 0.25) is 0 Å². The van der Waals surface area contributed by atoms with Crippen molar-refractivity contribution in [3.63, 3.8) is 0 Å². The van der Waals surface area contributed by atoms with Crippen LogP contribution in [0.5, 0.6) is 0 Å². The van der Waals surface area contributed by atoms with Crippen molar-refractivity contribution in [2.75, 3.05) is 0 Å². The summed E-state index contributed by atoms with van der Waals surface area (Å²) in [5.74, 6) is 0.309. The molecule has 22 heavy (non-hydrogen) atoms. The third kappa shape index (κ3) is 4.08. The first kappa shape index (κ1) is 17.0. The molecule has 2 nitrogen and oxygen atoms in total. The van der Waals surface area contributed by atoms with Crippen LogP contribution in [0.15, 0.2) is 18.2 Å². The Morgan fingerprint density at radius 3 is 2.59 bits per heavy atom. The third-order valence-electron chi connectivity index (χ3n) is 4.86. The first-order chi connectivity index (χ1) is 10.5. The monoisotopic (exact) mass is 306 g/mol. The number of hydrogen-bond acceptors (Lipinski definition) is 2. The molecule has 0 spiro atoms. The topological polar surface area (TPSA) is 26.3 Å². The summed E-state index contributed by atoms with van der Waals surface area (Å²) in [6.45, 7) is 5.74. The standard InChI is InChI=1S/C19H27FO2/c1-4-18(21)22-14(3)19(15-8-6-5-7-9-15)17-11-10-16(20)12-13(17)2/h10-12,14-15,19H,4-9H2,1-3H3. The Hall–Kier alpha value is -1.38. The molecule has 0 saturated heterocycles. The average Bonchev–Trinajstić information content (AvgIpc) is 2.50. The Balaban J connectivity index is 2.29. The van der Waals surface area contributed by atoms with E-state index in [-0.39, 0.29) is 23.8 Å². The van der Waals surface area contributed by atoms with Crippen molar-refractivity contribution < 1.29 is 13.9 Å². The minimum atomic E-state index is -0.207. The molecule has 1 aliphatic rings. The molecular formula is C19H27FO2. The largest absolute Gasteiger partial charge is 0.462 e. The van der Waals surface area contributed by atoms with E-state index >= 15 is 0 Å². The number of aryl methyl sites for hydroxylation is 1. The molecule has 3 heteroatoms. The first-order valence-electron chi connectivity index (χ1n) is 8.48. The lowest BCUT2D eigenvalue weighted by Crippen LogP contribution is -2.30. The highest BCUT2D eigenvalue weighted by atomic mass is 19.1. The number of ether oxygens (including phenoxy) is 1. The highest BCUT2D eigenvalue weighted by Crippen LogP contribution is 2.40. The predicted octanol–water partition coefficient (Wildman–Crippen LogP) is 5.14. The lowest BCUT2D eigenvalue weighted by atomic mass is 9.73. The number of benzene rings is 1. The summed E-state index contributed by atoms with van der Waals surface area (Å²) >= 11 is 0. The van der Waals surface area contributed by atoms with Crippen molar-refractivity contribution in [2.24, 2.45) is 5.92 Å². The molecule has 1 aromatic rings. The van der Waals surface area contributed by atoms with Gasteiger partial charge in [0.2, 0.25) is 0 Å². The van der Waals surface area contributed by atoms with E-state index < -0.39 is 0 Å². The highest BCUT2D eigenvalue weighted by Gasteiger charge is 2.32. The van der Waals surface area contributed by atoms with Crippen LogP contribution in [0.1, 0.15) is 69.4 Å². The average molecular weight is 306 g/mol. The fourth-order valence-electron chi connectivity index (χ4n) is 3.76. The van der Waals surface area contributed by atoms with Gasteiger partial charge < -0.3 is 4.74 Å². The molecule has 1 fully saturated rings. The molecule has 2 unspecified atom stereocenters. The number of rotatable bonds is 5. The molecule has 0 aromatic heterocycles. The van der Waals surface area contributed by atoms with Gasteiger partial charge in [0.05, 0.1) is 0 Å². The Labute approximate surface area is 133 Å². The van der Waals surface area contributed by atoms with E-state index in [0.717, 1.165) is 24.0 Å². The van der Waals surface area contributed by atoms with Gasteiger partial charge in [0.15, 0.2) is 0 Å². The molecule has 0 aliphatic heterocycles. The van der Waals surface area contributed by atoms with Crippen LogP contribution in [0.25, 0.3) is 0 Å². The van der Waals surface area contributed by atoms with Crippen LogP contribution in [-0.2, 0) is 9.53 Å². The molecule has 122 valence electrons. The van der Waals surface area contributed by atoms with Gasteiger partial charge >= 0.3 is 5.97 Å². The van der Waals surface area contributed by atoms with Crippen molar-refractivity contribution in [2.45, 2.75) is 71.3 Å². The normalized spacial score (nSPS) is 18.7. The van der Waals surface area contributed by atoms with Crippen molar-refractivity contribution in [1.29, 1.82) is 0 Å². The van der Waals surface area contributed by atoms with Gasteiger partial charge in [0.25, 0.3) is 0 Å². The lowest BCUT2D eigenvalue weighted by Gasteiger charge is -2.35. The summed E-state index contributed by atoms with van der Waals surface area (Å²) in [4.78, 5) is 11.7. The van der Waals surface area contributed by atoms with Gasteiger partial charge in [-0.1, -0.05) is 32.3 Å². The molecule has 0 heterocycles. The maximum Gasteiger partial charge on any atom is 0.305 e. The van der Waals surface area contributed by atoms with E-state index in [2.05, 4.69) is 0 Å². The molecule has 0 radical (unpaired) electrons. The molecule has 2 rings (SSSR count). The fraction of sp³-hybridized carbons (Fsp3) is 0.632. The Morgan fingerprint density at radius 1 is 1.32 bits per heavy atom. The number of carbonyl (C=O) groups is 1. The smallest absolute Gasteiger partial charge is 0.305 e. The molecule has 0 bridgehead atoms. The van der Waals surface area contributed by atoms with Crippen molar-refractivity contribution >= 4 is 5.97 Å². The van der Waals surface area contributed by atoms with Gasteiger partial charge in [-0.2, -0.15) is 0 Å². The van der Waals surface area contributed by atoms with Crippen LogP contribution in [0.4, 0.5) is 4.39 Å². The number of carbonyl (C=O) groups excluding carboxylic acids is 1. The maximum atomic E-state index is 13.4. The van der Waals surface area contributed by atoms with Crippen molar-refractivity contribution in [3.05, 3.63) is 35.1 Å². The van der Waals surface area contributed by atoms with E-state index in [1.54, 1.807) is 6.07 Å². The summed E-state index contributed by atoms with van der Waals surface area (Å²) in [6.07, 6.45) is 6.30. The quantitative estimate of drug-likeness (QED) is 0.704. The van der Waals surface area contributed by atoms with Crippen LogP contribution >= 0.6 is 0 Å². The fourth-order valence-corrected chi connectivity index (χ4v) is 3.76. The number of esters is 1. The first-order valence-corrected chi connectivity index (χ1v) is 8.48. The van der Waals surface area contributed by atoms with Crippen molar-refractivity contribution in [1.82, 2.24) is 0 Å². The molecule has 1 aromatic carbocycles. The summed E-state index contributed by atoms with van der Waals surface area (Å²) in [5, 5.41) is 0. The molecule has 0 amide bonds. The second kappa shape index (κ2) is 7.75. The van der Waals surface area contributed by atoms with Gasteiger partial charge in [0, 0.05) is 12.3 Å². The van der Waals surface area contributed by atoms with Crippen molar-refractivity contribution in [3.8, 4) is 0 Å². The number of hydrogen-bond donors (Lipinski definition) is 0.